The first kappa shape index (κ1) is 24.5. The van der Waals surface area contributed by atoms with Crippen molar-refractivity contribution in [1.82, 2.24) is 0 Å². The van der Waals surface area contributed by atoms with Crippen molar-refractivity contribution in [2.24, 2.45) is 29.1 Å². The zero-order valence-electron chi connectivity index (χ0n) is 20.3. The molecule has 3 N–H and O–H groups in total. The van der Waals surface area contributed by atoms with Gasteiger partial charge in [-0.3, -0.25) is 0 Å². The zero-order valence-corrected chi connectivity index (χ0v) is 20.3. The molecule has 0 heterocycles. The van der Waals surface area contributed by atoms with Crippen LogP contribution in [0.25, 0.3) is 0 Å². The van der Waals surface area contributed by atoms with E-state index in [0.717, 1.165) is 17.6 Å². The van der Waals surface area contributed by atoms with Crippen LogP contribution >= 0.6 is 0 Å². The number of aliphatic hydroxyl groups is 3. The number of aliphatic hydroxyl groups excluding tert-OH is 2. The fraction of sp³-hybridized carbons (Fsp3) is 0.714. The predicted octanol–water partition coefficient (Wildman–Crippen LogP) is 5.73. The summed E-state index contributed by atoms with van der Waals surface area (Å²) < 4.78 is 0. The third kappa shape index (κ3) is 5.26. The van der Waals surface area contributed by atoms with Gasteiger partial charge in [-0.2, -0.15) is 0 Å². The van der Waals surface area contributed by atoms with Gasteiger partial charge in [0.2, 0.25) is 0 Å². The standard InChI is InChI=1S/C28H44O3/c1-18(9-10-19(2)27(4,5)31)24-13-14-25-21(8-7-15-28(24,25)6)11-12-22-16-23(29)17-26(30)20(22)3/h9-12,18-19,23-26,29-31H,3,7-8,13-17H2,1-2,4-6H3/b10-9+,21-11?,22-12?/t18-,19+,23-,24-,25+,26+,28-/m1/s1. The Bertz CT molecular complexity index is 753. The van der Waals surface area contributed by atoms with E-state index in [9.17, 15) is 15.3 Å². The van der Waals surface area contributed by atoms with Crippen LogP contribution in [0.1, 0.15) is 79.6 Å². The normalized spacial score (nSPS) is 39.3. The molecule has 0 radical (unpaired) electrons. The summed E-state index contributed by atoms with van der Waals surface area (Å²) in [6.07, 6.45) is 15.0. The summed E-state index contributed by atoms with van der Waals surface area (Å²) in [4.78, 5) is 0. The smallest absolute Gasteiger partial charge is 0.0811 e. The molecule has 3 heteroatoms. The van der Waals surface area contributed by atoms with Crippen LogP contribution in [0, 0.1) is 29.1 Å². The molecule has 31 heavy (non-hydrogen) atoms. The number of hydrogen-bond donors (Lipinski definition) is 3. The van der Waals surface area contributed by atoms with E-state index in [-0.39, 0.29) is 5.92 Å². The quantitative estimate of drug-likeness (QED) is 0.490. The summed E-state index contributed by atoms with van der Waals surface area (Å²) in [5.74, 6) is 1.91. The fourth-order valence-corrected chi connectivity index (χ4v) is 6.32. The number of fused-ring (bicyclic) bond motifs is 1. The molecule has 0 bridgehead atoms. The topological polar surface area (TPSA) is 60.7 Å². The van der Waals surface area contributed by atoms with E-state index in [4.69, 9.17) is 0 Å². The van der Waals surface area contributed by atoms with Gasteiger partial charge in [0, 0.05) is 12.3 Å². The summed E-state index contributed by atoms with van der Waals surface area (Å²) in [5.41, 5.74) is 2.93. The molecule has 3 saturated carbocycles. The summed E-state index contributed by atoms with van der Waals surface area (Å²) in [6.45, 7) is 14.7. The summed E-state index contributed by atoms with van der Waals surface area (Å²) in [7, 11) is 0. The second-order valence-corrected chi connectivity index (χ2v) is 11.4. The van der Waals surface area contributed by atoms with E-state index in [1.54, 1.807) is 0 Å². The van der Waals surface area contributed by atoms with Crippen molar-refractivity contribution in [1.29, 1.82) is 0 Å². The molecule has 0 aliphatic heterocycles. The lowest BCUT2D eigenvalue weighted by Crippen LogP contribution is -2.35. The third-order valence-electron chi connectivity index (χ3n) is 8.75. The van der Waals surface area contributed by atoms with Crippen molar-refractivity contribution in [2.45, 2.75) is 97.4 Å². The lowest BCUT2D eigenvalue weighted by molar-refractivity contribution is 0.0436. The molecule has 0 aromatic heterocycles. The Morgan fingerprint density at radius 2 is 1.84 bits per heavy atom. The minimum absolute atomic E-state index is 0.141. The van der Waals surface area contributed by atoms with Crippen molar-refractivity contribution in [3.63, 3.8) is 0 Å². The molecule has 3 fully saturated rings. The summed E-state index contributed by atoms with van der Waals surface area (Å²) in [6, 6.07) is 0. The lowest BCUT2D eigenvalue weighted by Gasteiger charge is -2.44. The molecule has 0 spiro atoms. The van der Waals surface area contributed by atoms with Gasteiger partial charge < -0.3 is 15.3 Å². The fourth-order valence-electron chi connectivity index (χ4n) is 6.32. The van der Waals surface area contributed by atoms with E-state index >= 15 is 0 Å². The highest BCUT2D eigenvalue weighted by molar-refractivity contribution is 5.38. The van der Waals surface area contributed by atoms with Crippen molar-refractivity contribution < 1.29 is 15.3 Å². The van der Waals surface area contributed by atoms with Gasteiger partial charge in [0.1, 0.15) is 0 Å². The second kappa shape index (κ2) is 9.37. The lowest BCUT2D eigenvalue weighted by atomic mass is 9.61. The maximum atomic E-state index is 10.3. The molecule has 0 amide bonds. The largest absolute Gasteiger partial charge is 0.393 e. The Kier molecular flexibility index (Phi) is 7.40. The van der Waals surface area contributed by atoms with Gasteiger partial charge in [-0.25, -0.2) is 0 Å². The van der Waals surface area contributed by atoms with Gasteiger partial charge in [0.15, 0.2) is 0 Å². The van der Waals surface area contributed by atoms with E-state index in [1.165, 1.54) is 31.3 Å². The highest BCUT2D eigenvalue weighted by Crippen LogP contribution is 2.59. The second-order valence-electron chi connectivity index (χ2n) is 11.4. The predicted molar refractivity (Wildman–Crippen MR) is 128 cm³/mol. The molecule has 0 saturated heterocycles. The van der Waals surface area contributed by atoms with Crippen molar-refractivity contribution in [3.8, 4) is 0 Å². The molecule has 174 valence electrons. The molecule has 3 nitrogen and oxygen atoms in total. The SMILES string of the molecule is C=C1C(=CC=C2CCC[C@]3(C)[C@@H]([C@H](C)/C=C/[C@H](C)C(C)(C)O)CC[C@@H]23)C[C@@H](O)C[C@@H]1O. The third-order valence-corrected chi connectivity index (χ3v) is 8.75. The van der Waals surface area contributed by atoms with Gasteiger partial charge in [0.25, 0.3) is 0 Å². The van der Waals surface area contributed by atoms with E-state index < -0.39 is 17.8 Å². The molecule has 7 atom stereocenters. The van der Waals surface area contributed by atoms with Gasteiger partial charge in [-0.15, -0.1) is 0 Å². The average Bonchev–Trinajstić information content (AvgIpc) is 3.04. The number of allylic oxidation sites excluding steroid dienone is 4. The summed E-state index contributed by atoms with van der Waals surface area (Å²) in [5, 5.41) is 30.4. The van der Waals surface area contributed by atoms with Crippen LogP contribution in [0.5, 0.6) is 0 Å². The van der Waals surface area contributed by atoms with Gasteiger partial charge in [0.05, 0.1) is 17.8 Å². The van der Waals surface area contributed by atoms with E-state index in [1.807, 2.05) is 13.8 Å². The first-order valence-electron chi connectivity index (χ1n) is 12.3. The maximum Gasteiger partial charge on any atom is 0.0811 e. The molecule has 0 aromatic rings. The highest BCUT2D eigenvalue weighted by atomic mass is 16.3. The van der Waals surface area contributed by atoms with Gasteiger partial charge >= 0.3 is 0 Å². The minimum Gasteiger partial charge on any atom is -0.393 e. The number of hydrogen-bond acceptors (Lipinski definition) is 3. The van der Waals surface area contributed by atoms with Crippen LogP contribution in [-0.4, -0.2) is 33.1 Å². The van der Waals surface area contributed by atoms with Crippen LogP contribution in [0.15, 0.2) is 47.6 Å². The van der Waals surface area contributed by atoms with Crippen molar-refractivity contribution in [3.05, 3.63) is 47.6 Å². The Morgan fingerprint density at radius 1 is 1.13 bits per heavy atom. The van der Waals surface area contributed by atoms with E-state index in [2.05, 4.69) is 51.7 Å². The first-order chi connectivity index (χ1) is 14.4. The Hall–Kier alpha value is -1.16. The molecule has 3 rings (SSSR count). The van der Waals surface area contributed by atoms with Crippen LogP contribution in [0.2, 0.25) is 0 Å². The van der Waals surface area contributed by atoms with Crippen LogP contribution in [0.4, 0.5) is 0 Å². The molecule has 3 aliphatic rings. The Labute approximate surface area is 189 Å². The minimum atomic E-state index is -0.684. The van der Waals surface area contributed by atoms with Crippen molar-refractivity contribution in [2.75, 3.05) is 0 Å². The highest BCUT2D eigenvalue weighted by Gasteiger charge is 2.50. The van der Waals surface area contributed by atoms with Crippen molar-refractivity contribution >= 4 is 0 Å². The van der Waals surface area contributed by atoms with Crippen LogP contribution in [-0.2, 0) is 0 Å². The molecule has 0 aromatic carbocycles. The average molecular weight is 429 g/mol. The molecule has 3 aliphatic carbocycles. The van der Waals surface area contributed by atoms with Crippen LogP contribution < -0.4 is 0 Å². The number of rotatable bonds is 5. The Balaban J connectivity index is 1.76. The van der Waals surface area contributed by atoms with Gasteiger partial charge in [-0.05, 0) is 86.7 Å². The first-order valence-corrected chi connectivity index (χ1v) is 12.3. The van der Waals surface area contributed by atoms with Crippen LogP contribution in [0.3, 0.4) is 0 Å². The molecular formula is C28H44O3. The monoisotopic (exact) mass is 428 g/mol. The maximum absolute atomic E-state index is 10.3. The zero-order chi connectivity index (χ0) is 23.0. The van der Waals surface area contributed by atoms with E-state index in [0.29, 0.717) is 36.0 Å². The van der Waals surface area contributed by atoms with Gasteiger partial charge in [-0.1, -0.05) is 57.2 Å². The molecular weight excluding hydrogens is 384 g/mol. The summed E-state index contributed by atoms with van der Waals surface area (Å²) >= 11 is 0. The Morgan fingerprint density at radius 3 is 2.52 bits per heavy atom. The molecule has 0 unspecified atom stereocenters.